The zero-order valence-electron chi connectivity index (χ0n) is 12.7. The molecular formula is C17H27BrN2. The second-order valence-electron chi connectivity index (χ2n) is 6.04. The Labute approximate surface area is 131 Å². The van der Waals surface area contributed by atoms with Crippen molar-refractivity contribution >= 4 is 15.9 Å². The van der Waals surface area contributed by atoms with Crippen molar-refractivity contribution in [1.29, 1.82) is 0 Å². The van der Waals surface area contributed by atoms with Crippen molar-refractivity contribution in [2.45, 2.75) is 58.4 Å². The van der Waals surface area contributed by atoms with Gasteiger partial charge in [-0.1, -0.05) is 33.1 Å². The molecule has 0 saturated heterocycles. The van der Waals surface area contributed by atoms with E-state index in [4.69, 9.17) is 0 Å². The molecule has 1 aliphatic rings. The molecule has 0 aromatic carbocycles. The van der Waals surface area contributed by atoms with Crippen LogP contribution in [-0.4, -0.2) is 17.6 Å². The highest BCUT2D eigenvalue weighted by atomic mass is 79.9. The topological polar surface area (TPSA) is 24.9 Å². The first-order chi connectivity index (χ1) is 9.72. The standard InChI is InChI=1S/C17H27BrN2/c1-3-13-6-5-7-14(10-13)17(19-4-2)11-16-9-8-15(18)12-20-16/h8-9,12-14,17,19H,3-7,10-11H2,1-2H3. The first-order valence-electron chi connectivity index (χ1n) is 8.06. The van der Waals surface area contributed by atoms with Crippen LogP contribution in [0.25, 0.3) is 0 Å². The third-order valence-electron chi connectivity index (χ3n) is 4.65. The van der Waals surface area contributed by atoms with E-state index in [1.807, 2.05) is 6.20 Å². The van der Waals surface area contributed by atoms with Gasteiger partial charge >= 0.3 is 0 Å². The summed E-state index contributed by atoms with van der Waals surface area (Å²) in [5, 5.41) is 3.71. The van der Waals surface area contributed by atoms with Crippen LogP contribution in [0.2, 0.25) is 0 Å². The molecule has 3 atom stereocenters. The van der Waals surface area contributed by atoms with E-state index in [-0.39, 0.29) is 0 Å². The highest BCUT2D eigenvalue weighted by Crippen LogP contribution is 2.33. The fraction of sp³-hybridized carbons (Fsp3) is 0.706. The van der Waals surface area contributed by atoms with Gasteiger partial charge in [0.25, 0.3) is 0 Å². The predicted molar refractivity (Wildman–Crippen MR) is 88.8 cm³/mol. The molecule has 1 aromatic heterocycles. The number of rotatable bonds is 6. The highest BCUT2D eigenvalue weighted by molar-refractivity contribution is 9.10. The summed E-state index contributed by atoms with van der Waals surface area (Å²) in [6.45, 7) is 5.60. The van der Waals surface area contributed by atoms with Gasteiger partial charge in [-0.3, -0.25) is 4.98 Å². The van der Waals surface area contributed by atoms with Crippen LogP contribution >= 0.6 is 15.9 Å². The summed E-state index contributed by atoms with van der Waals surface area (Å²) in [5.74, 6) is 1.76. The van der Waals surface area contributed by atoms with Gasteiger partial charge in [0.1, 0.15) is 0 Å². The normalized spacial score (nSPS) is 24.6. The second-order valence-corrected chi connectivity index (χ2v) is 6.95. The molecular weight excluding hydrogens is 312 g/mol. The van der Waals surface area contributed by atoms with E-state index in [0.29, 0.717) is 6.04 Å². The first-order valence-corrected chi connectivity index (χ1v) is 8.86. The molecule has 1 aromatic rings. The number of halogens is 1. The zero-order valence-corrected chi connectivity index (χ0v) is 14.3. The Balaban J connectivity index is 2.00. The molecule has 20 heavy (non-hydrogen) atoms. The Morgan fingerprint density at radius 3 is 2.85 bits per heavy atom. The van der Waals surface area contributed by atoms with Gasteiger partial charge in [-0.2, -0.15) is 0 Å². The van der Waals surface area contributed by atoms with Crippen LogP contribution in [0.15, 0.2) is 22.8 Å². The van der Waals surface area contributed by atoms with Gasteiger partial charge in [-0.15, -0.1) is 0 Å². The number of aromatic nitrogens is 1. The lowest BCUT2D eigenvalue weighted by atomic mass is 9.76. The summed E-state index contributed by atoms with van der Waals surface area (Å²) in [6.07, 6.45) is 9.92. The fourth-order valence-electron chi connectivity index (χ4n) is 3.49. The minimum Gasteiger partial charge on any atom is -0.314 e. The van der Waals surface area contributed by atoms with Crippen molar-refractivity contribution in [2.75, 3.05) is 6.54 Å². The minimum absolute atomic E-state index is 0.586. The Morgan fingerprint density at radius 1 is 1.35 bits per heavy atom. The third kappa shape index (κ3) is 4.56. The van der Waals surface area contributed by atoms with Gasteiger partial charge in [-0.25, -0.2) is 0 Å². The molecule has 1 heterocycles. The van der Waals surface area contributed by atoms with Gasteiger partial charge < -0.3 is 5.32 Å². The lowest BCUT2D eigenvalue weighted by Crippen LogP contribution is -2.40. The Morgan fingerprint density at radius 2 is 2.20 bits per heavy atom. The molecule has 1 saturated carbocycles. The van der Waals surface area contributed by atoms with Gasteiger partial charge in [0.05, 0.1) is 0 Å². The number of likely N-dealkylation sites (N-methyl/N-ethyl adjacent to an activating group) is 1. The van der Waals surface area contributed by atoms with E-state index in [0.717, 1.165) is 29.3 Å². The van der Waals surface area contributed by atoms with Crippen molar-refractivity contribution in [1.82, 2.24) is 10.3 Å². The summed E-state index contributed by atoms with van der Waals surface area (Å²) in [7, 11) is 0. The zero-order chi connectivity index (χ0) is 14.4. The Hall–Kier alpha value is -0.410. The molecule has 0 radical (unpaired) electrons. The summed E-state index contributed by atoms with van der Waals surface area (Å²) in [5.41, 5.74) is 1.21. The van der Waals surface area contributed by atoms with E-state index in [1.165, 1.54) is 37.8 Å². The smallest absolute Gasteiger partial charge is 0.0420 e. The van der Waals surface area contributed by atoms with Gasteiger partial charge in [0, 0.05) is 28.8 Å². The molecule has 3 unspecified atom stereocenters. The van der Waals surface area contributed by atoms with Crippen LogP contribution in [0, 0.1) is 11.8 Å². The molecule has 0 aliphatic heterocycles. The monoisotopic (exact) mass is 338 g/mol. The van der Waals surface area contributed by atoms with Crippen molar-refractivity contribution in [3.8, 4) is 0 Å². The van der Waals surface area contributed by atoms with Gasteiger partial charge in [-0.05, 0) is 59.3 Å². The van der Waals surface area contributed by atoms with E-state index >= 15 is 0 Å². The largest absolute Gasteiger partial charge is 0.314 e. The maximum absolute atomic E-state index is 4.55. The van der Waals surface area contributed by atoms with Crippen molar-refractivity contribution in [3.05, 3.63) is 28.5 Å². The predicted octanol–water partition coefficient (Wildman–Crippen LogP) is 4.58. The van der Waals surface area contributed by atoms with E-state index < -0.39 is 0 Å². The molecule has 0 amide bonds. The quantitative estimate of drug-likeness (QED) is 0.820. The third-order valence-corrected chi connectivity index (χ3v) is 5.12. The molecule has 112 valence electrons. The van der Waals surface area contributed by atoms with Crippen LogP contribution in [0.5, 0.6) is 0 Å². The number of hydrogen-bond donors (Lipinski definition) is 1. The lowest BCUT2D eigenvalue weighted by molar-refractivity contribution is 0.208. The van der Waals surface area contributed by atoms with Gasteiger partial charge in [0.15, 0.2) is 0 Å². The second kappa shape index (κ2) is 8.14. The lowest BCUT2D eigenvalue weighted by Gasteiger charge is -2.34. The molecule has 2 rings (SSSR count). The number of hydrogen-bond acceptors (Lipinski definition) is 2. The molecule has 1 N–H and O–H groups in total. The van der Waals surface area contributed by atoms with Crippen LogP contribution in [-0.2, 0) is 6.42 Å². The molecule has 0 bridgehead atoms. The molecule has 1 fully saturated rings. The van der Waals surface area contributed by atoms with Crippen LogP contribution in [0.3, 0.4) is 0 Å². The fourth-order valence-corrected chi connectivity index (χ4v) is 3.72. The number of pyridine rings is 1. The summed E-state index contributed by atoms with van der Waals surface area (Å²) < 4.78 is 1.06. The Kier molecular flexibility index (Phi) is 6.50. The van der Waals surface area contributed by atoms with Crippen molar-refractivity contribution < 1.29 is 0 Å². The molecule has 3 heteroatoms. The van der Waals surface area contributed by atoms with Crippen LogP contribution < -0.4 is 5.32 Å². The summed E-state index contributed by atoms with van der Waals surface area (Å²) in [6, 6.07) is 4.83. The summed E-state index contributed by atoms with van der Waals surface area (Å²) in [4.78, 5) is 4.55. The van der Waals surface area contributed by atoms with Crippen LogP contribution in [0.4, 0.5) is 0 Å². The average molecular weight is 339 g/mol. The minimum atomic E-state index is 0.586. The SMILES string of the molecule is CCNC(Cc1ccc(Br)cn1)C1CCCC(CC)C1. The van der Waals surface area contributed by atoms with Crippen molar-refractivity contribution in [2.24, 2.45) is 11.8 Å². The maximum Gasteiger partial charge on any atom is 0.0420 e. The molecule has 0 spiro atoms. The van der Waals surface area contributed by atoms with Crippen LogP contribution in [0.1, 0.15) is 51.6 Å². The Bertz CT molecular complexity index is 390. The van der Waals surface area contributed by atoms with Gasteiger partial charge in [0.2, 0.25) is 0 Å². The van der Waals surface area contributed by atoms with Crippen molar-refractivity contribution in [3.63, 3.8) is 0 Å². The first kappa shape index (κ1) is 16.0. The summed E-state index contributed by atoms with van der Waals surface area (Å²) >= 11 is 3.46. The molecule has 1 aliphatic carbocycles. The highest BCUT2D eigenvalue weighted by Gasteiger charge is 2.27. The number of nitrogens with one attached hydrogen (secondary N) is 1. The number of nitrogens with zero attached hydrogens (tertiary/aromatic N) is 1. The molecule has 2 nitrogen and oxygen atoms in total. The maximum atomic E-state index is 4.55. The van der Waals surface area contributed by atoms with E-state index in [1.54, 1.807) is 0 Å². The van der Waals surface area contributed by atoms with E-state index in [2.05, 4.69) is 52.2 Å². The van der Waals surface area contributed by atoms with E-state index in [9.17, 15) is 0 Å². The average Bonchev–Trinajstić information content (AvgIpc) is 2.49.